The van der Waals surface area contributed by atoms with E-state index in [2.05, 4.69) is 5.32 Å². The smallest absolute Gasteiger partial charge is 0.234 e. The van der Waals surface area contributed by atoms with Gasteiger partial charge < -0.3 is 5.32 Å². The summed E-state index contributed by atoms with van der Waals surface area (Å²) in [6, 6.07) is 12.9. The summed E-state index contributed by atoms with van der Waals surface area (Å²) in [6.45, 7) is 1.96. The molecule has 0 saturated carbocycles. The van der Waals surface area contributed by atoms with Crippen molar-refractivity contribution in [1.82, 2.24) is 0 Å². The van der Waals surface area contributed by atoms with Crippen molar-refractivity contribution < 1.29 is 4.79 Å². The Kier molecular flexibility index (Phi) is 5.35. The second-order valence-electron chi connectivity index (χ2n) is 4.23. The maximum absolute atomic E-state index is 11.9. The Morgan fingerprint density at radius 2 is 1.95 bits per heavy atom. The molecule has 0 bridgehead atoms. The third kappa shape index (κ3) is 4.17. The fourth-order valence-electron chi connectivity index (χ4n) is 1.64. The molecular weight excluding hydrogens is 313 g/mol. The molecule has 2 nitrogen and oxygen atoms in total. The molecule has 0 aliphatic carbocycles. The molecule has 0 fully saturated rings. The minimum atomic E-state index is -0.0599. The van der Waals surface area contributed by atoms with Crippen molar-refractivity contribution in [3.63, 3.8) is 0 Å². The molecule has 2 aromatic rings. The van der Waals surface area contributed by atoms with Gasteiger partial charge in [-0.25, -0.2) is 0 Å². The molecule has 0 unspecified atom stereocenters. The average molecular weight is 326 g/mol. The van der Waals surface area contributed by atoms with Gasteiger partial charge in [-0.3, -0.25) is 4.79 Å². The largest absolute Gasteiger partial charge is 0.325 e. The second kappa shape index (κ2) is 7.02. The summed E-state index contributed by atoms with van der Waals surface area (Å²) < 4.78 is 0. The van der Waals surface area contributed by atoms with Crippen LogP contribution in [0.3, 0.4) is 0 Å². The zero-order chi connectivity index (χ0) is 14.5. The number of aryl methyl sites for hydroxylation is 1. The molecule has 0 saturated heterocycles. The van der Waals surface area contributed by atoms with Gasteiger partial charge in [0, 0.05) is 15.6 Å². The van der Waals surface area contributed by atoms with E-state index in [9.17, 15) is 4.79 Å². The maximum Gasteiger partial charge on any atom is 0.234 e. The quantitative estimate of drug-likeness (QED) is 0.798. The van der Waals surface area contributed by atoms with Crippen LogP contribution in [0.25, 0.3) is 0 Å². The Hall–Kier alpha value is -1.16. The molecule has 0 spiro atoms. The first kappa shape index (κ1) is 15.2. The third-order valence-corrected chi connectivity index (χ3v) is 4.41. The number of rotatable bonds is 4. The highest BCUT2D eigenvalue weighted by Gasteiger charge is 2.07. The van der Waals surface area contributed by atoms with Gasteiger partial charge in [0.05, 0.1) is 10.8 Å². The molecule has 0 aromatic heterocycles. The fourth-order valence-corrected chi connectivity index (χ4v) is 2.93. The van der Waals surface area contributed by atoms with Gasteiger partial charge in [-0.05, 0) is 36.8 Å². The SMILES string of the molecule is Cc1ccccc1NC(=O)CSc1ccc(Cl)cc1Cl. The Bertz CT molecular complexity index is 631. The second-order valence-corrected chi connectivity index (χ2v) is 6.09. The average Bonchev–Trinajstić information content (AvgIpc) is 2.40. The molecule has 20 heavy (non-hydrogen) atoms. The maximum atomic E-state index is 11.9. The summed E-state index contributed by atoms with van der Waals surface area (Å²) in [5.41, 5.74) is 1.87. The van der Waals surface area contributed by atoms with E-state index >= 15 is 0 Å². The van der Waals surface area contributed by atoms with Gasteiger partial charge in [0.2, 0.25) is 5.91 Å². The summed E-state index contributed by atoms with van der Waals surface area (Å²) in [5, 5.41) is 4.03. The minimum Gasteiger partial charge on any atom is -0.325 e. The number of thioether (sulfide) groups is 1. The van der Waals surface area contributed by atoms with Crippen LogP contribution in [0.1, 0.15) is 5.56 Å². The van der Waals surface area contributed by atoms with Crippen LogP contribution in [0.5, 0.6) is 0 Å². The molecular formula is C15H13Cl2NOS. The Morgan fingerprint density at radius 1 is 1.20 bits per heavy atom. The van der Waals surface area contributed by atoms with Crippen LogP contribution < -0.4 is 5.32 Å². The van der Waals surface area contributed by atoms with Crippen molar-refractivity contribution in [2.24, 2.45) is 0 Å². The Balaban J connectivity index is 1.94. The van der Waals surface area contributed by atoms with Crippen LogP contribution in [0, 0.1) is 6.92 Å². The molecule has 0 aliphatic heterocycles. The van der Waals surface area contributed by atoms with E-state index in [1.54, 1.807) is 12.1 Å². The van der Waals surface area contributed by atoms with Gasteiger partial charge in [0.1, 0.15) is 0 Å². The third-order valence-electron chi connectivity index (χ3n) is 2.67. The lowest BCUT2D eigenvalue weighted by molar-refractivity contribution is -0.113. The summed E-state index contributed by atoms with van der Waals surface area (Å²) >= 11 is 13.3. The van der Waals surface area contributed by atoms with Crippen LogP contribution in [0.15, 0.2) is 47.4 Å². The van der Waals surface area contributed by atoms with Crippen molar-refractivity contribution in [1.29, 1.82) is 0 Å². The van der Waals surface area contributed by atoms with Crippen molar-refractivity contribution in [3.8, 4) is 0 Å². The van der Waals surface area contributed by atoms with E-state index < -0.39 is 0 Å². The van der Waals surface area contributed by atoms with Crippen molar-refractivity contribution in [3.05, 3.63) is 58.1 Å². The molecule has 104 valence electrons. The molecule has 1 N–H and O–H groups in total. The number of carbonyl (C=O) groups excluding carboxylic acids is 1. The molecule has 0 radical (unpaired) electrons. The van der Waals surface area contributed by atoms with Crippen molar-refractivity contribution >= 4 is 46.6 Å². The fraction of sp³-hybridized carbons (Fsp3) is 0.133. The van der Waals surface area contributed by atoms with Crippen LogP contribution in [0.4, 0.5) is 5.69 Å². The van der Waals surface area contributed by atoms with Crippen LogP contribution >= 0.6 is 35.0 Å². The first-order valence-electron chi connectivity index (χ1n) is 5.99. The monoisotopic (exact) mass is 325 g/mol. The number of hydrogen-bond acceptors (Lipinski definition) is 2. The topological polar surface area (TPSA) is 29.1 Å². The van der Waals surface area contributed by atoms with E-state index in [0.29, 0.717) is 15.8 Å². The number of para-hydroxylation sites is 1. The number of nitrogens with one attached hydrogen (secondary N) is 1. The number of hydrogen-bond donors (Lipinski definition) is 1. The van der Waals surface area contributed by atoms with E-state index in [1.165, 1.54) is 11.8 Å². The molecule has 1 amide bonds. The zero-order valence-electron chi connectivity index (χ0n) is 10.8. The summed E-state index contributed by atoms with van der Waals surface area (Å²) in [5.74, 6) is 0.241. The van der Waals surface area contributed by atoms with Gasteiger partial charge in [0.15, 0.2) is 0 Å². The summed E-state index contributed by atoms with van der Waals surface area (Å²) in [4.78, 5) is 12.8. The highest BCUT2D eigenvalue weighted by Crippen LogP contribution is 2.29. The van der Waals surface area contributed by atoms with E-state index in [4.69, 9.17) is 23.2 Å². The van der Waals surface area contributed by atoms with Crippen LogP contribution in [0.2, 0.25) is 10.0 Å². The molecule has 0 atom stereocenters. The highest BCUT2D eigenvalue weighted by molar-refractivity contribution is 8.00. The number of carbonyl (C=O) groups is 1. The number of amides is 1. The number of anilines is 1. The van der Waals surface area contributed by atoms with Gasteiger partial charge >= 0.3 is 0 Å². The van der Waals surface area contributed by atoms with Crippen LogP contribution in [-0.2, 0) is 4.79 Å². The predicted molar refractivity (Wildman–Crippen MR) is 87.0 cm³/mol. The van der Waals surface area contributed by atoms with Gasteiger partial charge in [-0.2, -0.15) is 0 Å². The highest BCUT2D eigenvalue weighted by atomic mass is 35.5. The lowest BCUT2D eigenvalue weighted by atomic mass is 10.2. The summed E-state index contributed by atoms with van der Waals surface area (Å²) in [6.07, 6.45) is 0. The van der Waals surface area contributed by atoms with Gasteiger partial charge in [-0.15, -0.1) is 11.8 Å². The first-order valence-corrected chi connectivity index (χ1v) is 7.74. The minimum absolute atomic E-state index is 0.0599. The van der Waals surface area contributed by atoms with Crippen molar-refractivity contribution in [2.45, 2.75) is 11.8 Å². The van der Waals surface area contributed by atoms with Gasteiger partial charge in [-0.1, -0.05) is 41.4 Å². The predicted octanol–water partition coefficient (Wildman–Crippen LogP) is 5.03. The first-order chi connectivity index (χ1) is 9.56. The Labute approximate surface area is 132 Å². The summed E-state index contributed by atoms with van der Waals surface area (Å²) in [7, 11) is 0. The molecule has 2 aromatic carbocycles. The van der Waals surface area contributed by atoms with Gasteiger partial charge in [0.25, 0.3) is 0 Å². The lowest BCUT2D eigenvalue weighted by Gasteiger charge is -2.08. The lowest BCUT2D eigenvalue weighted by Crippen LogP contribution is -2.14. The van der Waals surface area contributed by atoms with E-state index in [-0.39, 0.29) is 5.91 Å². The number of benzene rings is 2. The standard InChI is InChI=1S/C15H13Cl2NOS/c1-10-4-2-3-5-13(10)18-15(19)9-20-14-7-6-11(16)8-12(14)17/h2-8H,9H2,1H3,(H,18,19). The normalized spacial score (nSPS) is 10.3. The number of halogens is 2. The molecule has 5 heteroatoms. The zero-order valence-corrected chi connectivity index (χ0v) is 13.1. The van der Waals surface area contributed by atoms with Crippen LogP contribution in [-0.4, -0.2) is 11.7 Å². The van der Waals surface area contributed by atoms with Crippen molar-refractivity contribution in [2.75, 3.05) is 11.1 Å². The molecule has 2 rings (SSSR count). The van der Waals surface area contributed by atoms with E-state index in [1.807, 2.05) is 37.3 Å². The molecule has 0 aliphatic rings. The van der Waals surface area contributed by atoms with E-state index in [0.717, 1.165) is 16.1 Å². The Morgan fingerprint density at radius 3 is 2.65 bits per heavy atom. The molecule has 0 heterocycles.